The number of amides is 2. The van der Waals surface area contributed by atoms with Crippen LogP contribution in [0.15, 0.2) is 54.2 Å². The van der Waals surface area contributed by atoms with E-state index >= 15 is 0 Å². The number of ether oxygens (including phenoxy) is 3. The third-order valence-corrected chi connectivity index (χ3v) is 5.85. The van der Waals surface area contributed by atoms with Crippen LogP contribution in [0.5, 0.6) is 11.5 Å². The van der Waals surface area contributed by atoms with Crippen molar-refractivity contribution >= 4 is 23.1 Å². The molecule has 0 unspecified atom stereocenters. The topological polar surface area (TPSA) is 80.3 Å². The number of nitrogens with one attached hydrogen (secondary N) is 1. The van der Waals surface area contributed by atoms with Crippen molar-refractivity contribution in [3.05, 3.63) is 59.8 Å². The fraction of sp³-hybridized carbons (Fsp3) is 0.360. The lowest BCUT2D eigenvalue weighted by atomic mass is 10.0. The molecule has 2 heterocycles. The highest BCUT2D eigenvalue weighted by Crippen LogP contribution is 2.32. The zero-order valence-electron chi connectivity index (χ0n) is 19.0. The molecule has 33 heavy (non-hydrogen) atoms. The van der Waals surface area contributed by atoms with Gasteiger partial charge in [-0.3, -0.25) is 19.4 Å². The molecule has 8 heteroatoms. The molecule has 0 bridgehead atoms. The van der Waals surface area contributed by atoms with Crippen molar-refractivity contribution in [2.75, 3.05) is 58.9 Å². The van der Waals surface area contributed by atoms with Gasteiger partial charge < -0.3 is 19.5 Å². The molecule has 0 atom stereocenters. The van der Waals surface area contributed by atoms with Crippen molar-refractivity contribution < 1.29 is 23.8 Å². The second-order valence-electron chi connectivity index (χ2n) is 7.90. The molecule has 2 aromatic rings. The van der Waals surface area contributed by atoms with Crippen LogP contribution < -0.4 is 14.8 Å². The van der Waals surface area contributed by atoms with Gasteiger partial charge in [0, 0.05) is 37.9 Å². The minimum atomic E-state index is -0.324. The highest BCUT2D eigenvalue weighted by atomic mass is 16.5. The molecule has 0 saturated carbocycles. The number of carbonyl (C=O) groups excluding carboxylic acids is 2. The Hall–Kier alpha value is -3.36. The monoisotopic (exact) mass is 451 g/mol. The lowest BCUT2D eigenvalue weighted by molar-refractivity contribution is -0.136. The van der Waals surface area contributed by atoms with Crippen LogP contribution in [0, 0.1) is 0 Å². The lowest BCUT2D eigenvalue weighted by Crippen LogP contribution is -2.39. The molecule has 174 valence electrons. The number of carbonyl (C=O) groups is 2. The Balaban J connectivity index is 1.57. The summed E-state index contributed by atoms with van der Waals surface area (Å²) in [6.45, 7) is 4.37. The first-order chi connectivity index (χ1) is 16.1. The van der Waals surface area contributed by atoms with Gasteiger partial charge >= 0.3 is 0 Å². The number of nitrogens with zero attached hydrogens (tertiary/aromatic N) is 2. The third kappa shape index (κ3) is 5.18. The molecule has 1 saturated heterocycles. The Labute approximate surface area is 193 Å². The van der Waals surface area contributed by atoms with E-state index < -0.39 is 0 Å². The van der Waals surface area contributed by atoms with Crippen LogP contribution in [0.3, 0.4) is 0 Å². The Bertz CT molecular complexity index is 1030. The Morgan fingerprint density at radius 1 is 0.909 bits per heavy atom. The van der Waals surface area contributed by atoms with E-state index in [0.29, 0.717) is 41.3 Å². The van der Waals surface area contributed by atoms with Gasteiger partial charge in [0.15, 0.2) is 0 Å². The zero-order chi connectivity index (χ0) is 23.2. The smallest absolute Gasteiger partial charge is 0.278 e. The average molecular weight is 452 g/mol. The van der Waals surface area contributed by atoms with Crippen LogP contribution in [0.1, 0.15) is 12.0 Å². The van der Waals surface area contributed by atoms with E-state index in [2.05, 4.69) is 10.2 Å². The second kappa shape index (κ2) is 10.5. The van der Waals surface area contributed by atoms with Crippen molar-refractivity contribution in [3.63, 3.8) is 0 Å². The summed E-state index contributed by atoms with van der Waals surface area (Å²) >= 11 is 0. The summed E-state index contributed by atoms with van der Waals surface area (Å²) in [5.41, 5.74) is 1.96. The molecule has 8 nitrogen and oxygen atoms in total. The van der Waals surface area contributed by atoms with Crippen molar-refractivity contribution in [1.29, 1.82) is 0 Å². The maximum absolute atomic E-state index is 13.4. The molecule has 1 N–H and O–H groups in total. The SMILES string of the molecule is COc1ccc(C2=C(Nc3cccc(OC)c3)C(=O)N(CCCN3CCOCC3)C2=O)cc1. The van der Waals surface area contributed by atoms with E-state index in [-0.39, 0.29) is 17.5 Å². The predicted molar refractivity (Wildman–Crippen MR) is 125 cm³/mol. The standard InChI is InChI=1S/C25H29N3O5/c1-31-20-9-7-18(8-10-20)22-23(26-19-5-3-6-21(17-19)32-2)25(30)28(24(22)29)12-4-11-27-13-15-33-16-14-27/h3,5-10,17,26H,4,11-16H2,1-2H3. The van der Waals surface area contributed by atoms with Crippen molar-refractivity contribution in [3.8, 4) is 11.5 Å². The maximum atomic E-state index is 13.4. The van der Waals surface area contributed by atoms with Gasteiger partial charge in [-0.1, -0.05) is 18.2 Å². The van der Waals surface area contributed by atoms with Gasteiger partial charge in [0.05, 0.1) is 33.0 Å². The van der Waals surface area contributed by atoms with Crippen LogP contribution in [-0.4, -0.2) is 75.2 Å². The first-order valence-corrected chi connectivity index (χ1v) is 11.1. The molecule has 0 radical (unpaired) electrons. The number of rotatable bonds is 9. The third-order valence-electron chi connectivity index (χ3n) is 5.85. The summed E-state index contributed by atoms with van der Waals surface area (Å²) in [5, 5.41) is 3.17. The van der Waals surface area contributed by atoms with Crippen LogP contribution in [0.4, 0.5) is 5.69 Å². The molecule has 0 aliphatic carbocycles. The second-order valence-corrected chi connectivity index (χ2v) is 7.90. The number of hydrogen-bond donors (Lipinski definition) is 1. The van der Waals surface area contributed by atoms with Crippen LogP contribution in [0.2, 0.25) is 0 Å². The normalized spacial score (nSPS) is 17.0. The first kappa shape index (κ1) is 22.8. The van der Waals surface area contributed by atoms with Gasteiger partial charge in [-0.25, -0.2) is 0 Å². The lowest BCUT2D eigenvalue weighted by Gasteiger charge is -2.27. The van der Waals surface area contributed by atoms with E-state index in [1.165, 1.54) is 4.90 Å². The van der Waals surface area contributed by atoms with Crippen molar-refractivity contribution in [2.45, 2.75) is 6.42 Å². The summed E-state index contributed by atoms with van der Waals surface area (Å²) in [6.07, 6.45) is 0.708. The Morgan fingerprint density at radius 3 is 2.33 bits per heavy atom. The van der Waals surface area contributed by atoms with E-state index in [1.54, 1.807) is 44.6 Å². The summed E-state index contributed by atoms with van der Waals surface area (Å²) in [7, 11) is 3.17. The average Bonchev–Trinajstić information content (AvgIpc) is 3.09. The van der Waals surface area contributed by atoms with Crippen LogP contribution in [0.25, 0.3) is 5.57 Å². The van der Waals surface area contributed by atoms with E-state index in [1.807, 2.05) is 18.2 Å². The van der Waals surface area contributed by atoms with Gasteiger partial charge in [-0.05, 0) is 36.2 Å². The minimum absolute atomic E-state index is 0.268. The van der Waals surface area contributed by atoms with Crippen molar-refractivity contribution in [1.82, 2.24) is 9.80 Å². The number of methoxy groups -OCH3 is 2. The van der Waals surface area contributed by atoms with Gasteiger partial charge in [0.2, 0.25) is 0 Å². The summed E-state index contributed by atoms with van der Waals surface area (Å²) in [4.78, 5) is 30.4. The van der Waals surface area contributed by atoms with Gasteiger partial charge in [0.25, 0.3) is 11.8 Å². The van der Waals surface area contributed by atoms with E-state index in [0.717, 1.165) is 32.8 Å². The molecule has 2 aliphatic heterocycles. The van der Waals surface area contributed by atoms with Crippen LogP contribution >= 0.6 is 0 Å². The van der Waals surface area contributed by atoms with Gasteiger partial charge in [-0.2, -0.15) is 0 Å². The molecule has 4 rings (SSSR count). The number of hydrogen-bond acceptors (Lipinski definition) is 7. The number of imide groups is 1. The van der Waals surface area contributed by atoms with E-state index in [4.69, 9.17) is 14.2 Å². The minimum Gasteiger partial charge on any atom is -0.497 e. The highest BCUT2D eigenvalue weighted by molar-refractivity contribution is 6.36. The quantitative estimate of drug-likeness (QED) is 0.587. The summed E-state index contributed by atoms with van der Waals surface area (Å²) in [6, 6.07) is 14.4. The molecule has 0 spiro atoms. The summed E-state index contributed by atoms with van der Waals surface area (Å²) < 4.78 is 15.9. The Morgan fingerprint density at radius 2 is 1.64 bits per heavy atom. The molecular weight excluding hydrogens is 422 g/mol. The zero-order valence-corrected chi connectivity index (χ0v) is 19.0. The van der Waals surface area contributed by atoms with Gasteiger partial charge in [0.1, 0.15) is 17.2 Å². The number of benzene rings is 2. The fourth-order valence-corrected chi connectivity index (χ4v) is 4.04. The molecule has 0 aromatic heterocycles. The van der Waals surface area contributed by atoms with Crippen molar-refractivity contribution in [2.24, 2.45) is 0 Å². The molecule has 2 aliphatic rings. The summed E-state index contributed by atoms with van der Waals surface area (Å²) in [5.74, 6) is 0.722. The van der Waals surface area contributed by atoms with Crippen LogP contribution in [-0.2, 0) is 14.3 Å². The number of morpholine rings is 1. The highest BCUT2D eigenvalue weighted by Gasteiger charge is 2.39. The Kier molecular flexibility index (Phi) is 7.26. The predicted octanol–water partition coefficient (Wildman–Crippen LogP) is 2.62. The maximum Gasteiger partial charge on any atom is 0.278 e. The largest absolute Gasteiger partial charge is 0.497 e. The molecule has 1 fully saturated rings. The van der Waals surface area contributed by atoms with E-state index in [9.17, 15) is 9.59 Å². The molecule has 2 amide bonds. The number of anilines is 1. The molecule has 2 aromatic carbocycles. The first-order valence-electron chi connectivity index (χ1n) is 11.1. The fourth-order valence-electron chi connectivity index (χ4n) is 4.04. The van der Waals surface area contributed by atoms with Gasteiger partial charge in [-0.15, -0.1) is 0 Å². The molecular formula is C25H29N3O5.